The fourth-order valence-electron chi connectivity index (χ4n) is 1.09. The molecule has 0 aliphatic rings. The van der Waals surface area contributed by atoms with Crippen molar-refractivity contribution in [3.63, 3.8) is 0 Å². The monoisotopic (exact) mass is 179 g/mol. The smallest absolute Gasteiger partial charge is 0.130 e. The first kappa shape index (κ1) is 9.84. The summed E-state index contributed by atoms with van der Waals surface area (Å²) in [6, 6.07) is 4.48. The molecule has 1 aromatic heterocycles. The third-order valence-corrected chi connectivity index (χ3v) is 1.66. The maximum Gasteiger partial charge on any atom is 0.130 e. The molecule has 0 fully saturated rings. The van der Waals surface area contributed by atoms with Crippen molar-refractivity contribution in [2.24, 2.45) is 0 Å². The van der Waals surface area contributed by atoms with Crippen LogP contribution in [0.1, 0.15) is 13.8 Å². The van der Waals surface area contributed by atoms with Gasteiger partial charge in [0.25, 0.3) is 0 Å². The largest absolute Gasteiger partial charge is 0.383 e. The highest BCUT2D eigenvalue weighted by atomic mass is 15.1. The zero-order valence-corrected chi connectivity index (χ0v) is 8.70. The van der Waals surface area contributed by atoms with Gasteiger partial charge in [-0.15, -0.1) is 0 Å². The van der Waals surface area contributed by atoms with Crippen molar-refractivity contribution >= 4 is 11.5 Å². The lowest BCUT2D eigenvalue weighted by Crippen LogP contribution is -2.13. The molecule has 1 N–H and O–H groups in total. The standard InChI is InChI=1S/C10H17N3/c1-8(2)12-9-5-6-11-10(7-9)13(3)4/h5-8H,1-4H3,(H,11,12). The fraction of sp³-hybridized carbons (Fsp3) is 0.500. The van der Waals surface area contributed by atoms with Gasteiger partial charge in [-0.3, -0.25) is 0 Å². The third-order valence-electron chi connectivity index (χ3n) is 1.66. The summed E-state index contributed by atoms with van der Waals surface area (Å²) in [6.07, 6.45) is 1.82. The second kappa shape index (κ2) is 4.12. The van der Waals surface area contributed by atoms with E-state index in [2.05, 4.69) is 24.1 Å². The number of hydrogen-bond donors (Lipinski definition) is 1. The molecular formula is C10H17N3. The number of nitrogens with zero attached hydrogens (tertiary/aromatic N) is 2. The van der Waals surface area contributed by atoms with E-state index < -0.39 is 0 Å². The Kier molecular flexibility index (Phi) is 3.12. The Morgan fingerprint density at radius 1 is 1.38 bits per heavy atom. The Balaban J connectivity index is 2.79. The maximum absolute atomic E-state index is 4.23. The number of hydrogen-bond acceptors (Lipinski definition) is 3. The van der Waals surface area contributed by atoms with Gasteiger partial charge in [0.15, 0.2) is 0 Å². The second-order valence-corrected chi connectivity index (χ2v) is 3.60. The molecule has 0 atom stereocenters. The van der Waals surface area contributed by atoms with Crippen molar-refractivity contribution in [1.29, 1.82) is 0 Å². The van der Waals surface area contributed by atoms with Crippen LogP contribution in [-0.4, -0.2) is 25.1 Å². The highest BCUT2D eigenvalue weighted by Crippen LogP contribution is 2.14. The van der Waals surface area contributed by atoms with Gasteiger partial charge in [0, 0.05) is 38.1 Å². The molecule has 3 heteroatoms. The van der Waals surface area contributed by atoms with Crippen LogP contribution in [0.5, 0.6) is 0 Å². The molecule has 1 rings (SSSR count). The van der Waals surface area contributed by atoms with Crippen LogP contribution in [0, 0.1) is 0 Å². The average Bonchev–Trinajstić information content (AvgIpc) is 2.03. The van der Waals surface area contributed by atoms with Gasteiger partial charge in [0.1, 0.15) is 5.82 Å². The van der Waals surface area contributed by atoms with Crippen LogP contribution in [-0.2, 0) is 0 Å². The van der Waals surface area contributed by atoms with Crippen LogP contribution in [0.4, 0.5) is 11.5 Å². The SMILES string of the molecule is CC(C)Nc1ccnc(N(C)C)c1. The van der Waals surface area contributed by atoms with E-state index in [9.17, 15) is 0 Å². The summed E-state index contributed by atoms with van der Waals surface area (Å²) in [5, 5.41) is 3.33. The van der Waals surface area contributed by atoms with E-state index >= 15 is 0 Å². The van der Waals surface area contributed by atoms with Gasteiger partial charge < -0.3 is 10.2 Å². The van der Waals surface area contributed by atoms with Crippen molar-refractivity contribution in [3.05, 3.63) is 18.3 Å². The molecule has 72 valence electrons. The van der Waals surface area contributed by atoms with Crippen LogP contribution in [0.25, 0.3) is 0 Å². The van der Waals surface area contributed by atoms with E-state index in [1.54, 1.807) is 0 Å². The lowest BCUT2D eigenvalue weighted by atomic mass is 10.3. The van der Waals surface area contributed by atoms with E-state index in [-0.39, 0.29) is 0 Å². The topological polar surface area (TPSA) is 28.2 Å². The van der Waals surface area contributed by atoms with Gasteiger partial charge in [0.2, 0.25) is 0 Å². The van der Waals surface area contributed by atoms with Gasteiger partial charge in [-0.05, 0) is 19.9 Å². The second-order valence-electron chi connectivity index (χ2n) is 3.60. The van der Waals surface area contributed by atoms with Crippen LogP contribution in [0.2, 0.25) is 0 Å². The molecule has 0 aliphatic carbocycles. The lowest BCUT2D eigenvalue weighted by molar-refractivity contribution is 0.898. The molecule has 3 nitrogen and oxygen atoms in total. The molecule has 0 aliphatic heterocycles. The van der Waals surface area contributed by atoms with E-state index in [0.717, 1.165) is 11.5 Å². The van der Waals surface area contributed by atoms with Crippen molar-refractivity contribution in [3.8, 4) is 0 Å². The quantitative estimate of drug-likeness (QED) is 0.769. The molecule has 0 bridgehead atoms. The molecule has 13 heavy (non-hydrogen) atoms. The van der Waals surface area contributed by atoms with Gasteiger partial charge in [-0.2, -0.15) is 0 Å². The zero-order chi connectivity index (χ0) is 9.84. The molecule has 1 aromatic rings. The summed E-state index contributed by atoms with van der Waals surface area (Å²) in [5.74, 6) is 0.977. The Morgan fingerprint density at radius 3 is 2.62 bits per heavy atom. The molecule has 0 saturated carbocycles. The summed E-state index contributed by atoms with van der Waals surface area (Å²) >= 11 is 0. The first-order chi connectivity index (χ1) is 6.09. The van der Waals surface area contributed by atoms with Crippen LogP contribution >= 0.6 is 0 Å². The zero-order valence-electron chi connectivity index (χ0n) is 8.70. The summed E-state index contributed by atoms with van der Waals surface area (Å²) in [4.78, 5) is 6.22. The normalized spacial score (nSPS) is 10.2. The minimum atomic E-state index is 0.456. The Morgan fingerprint density at radius 2 is 2.08 bits per heavy atom. The molecule has 0 unspecified atom stereocenters. The minimum Gasteiger partial charge on any atom is -0.383 e. The Hall–Kier alpha value is -1.25. The predicted molar refractivity (Wildman–Crippen MR) is 57.3 cm³/mol. The van der Waals surface area contributed by atoms with E-state index in [1.807, 2.05) is 37.3 Å². The highest BCUT2D eigenvalue weighted by Gasteiger charge is 1.99. The van der Waals surface area contributed by atoms with Crippen molar-refractivity contribution < 1.29 is 0 Å². The van der Waals surface area contributed by atoms with Gasteiger partial charge >= 0.3 is 0 Å². The minimum absolute atomic E-state index is 0.456. The average molecular weight is 179 g/mol. The number of aromatic nitrogens is 1. The molecule has 1 heterocycles. The molecule has 0 radical (unpaired) electrons. The Bertz CT molecular complexity index is 269. The van der Waals surface area contributed by atoms with E-state index in [4.69, 9.17) is 0 Å². The van der Waals surface area contributed by atoms with E-state index in [0.29, 0.717) is 6.04 Å². The molecular weight excluding hydrogens is 162 g/mol. The van der Waals surface area contributed by atoms with Crippen molar-refractivity contribution in [2.75, 3.05) is 24.3 Å². The lowest BCUT2D eigenvalue weighted by Gasteiger charge is -2.14. The Labute approximate surface area is 79.8 Å². The first-order valence-electron chi connectivity index (χ1n) is 4.49. The van der Waals surface area contributed by atoms with Gasteiger partial charge in [0.05, 0.1) is 0 Å². The number of nitrogens with one attached hydrogen (secondary N) is 1. The van der Waals surface area contributed by atoms with Crippen molar-refractivity contribution in [1.82, 2.24) is 4.98 Å². The van der Waals surface area contributed by atoms with E-state index in [1.165, 1.54) is 0 Å². The maximum atomic E-state index is 4.23. The van der Waals surface area contributed by atoms with Gasteiger partial charge in [-0.1, -0.05) is 0 Å². The predicted octanol–water partition coefficient (Wildman–Crippen LogP) is 1.97. The molecule has 0 aromatic carbocycles. The van der Waals surface area contributed by atoms with Gasteiger partial charge in [-0.25, -0.2) is 4.98 Å². The number of pyridine rings is 1. The molecule has 0 spiro atoms. The van der Waals surface area contributed by atoms with Crippen LogP contribution in [0.15, 0.2) is 18.3 Å². The summed E-state index contributed by atoms with van der Waals surface area (Å²) in [5.41, 5.74) is 1.12. The summed E-state index contributed by atoms with van der Waals surface area (Å²) < 4.78 is 0. The molecule has 0 amide bonds. The summed E-state index contributed by atoms with van der Waals surface area (Å²) in [7, 11) is 3.98. The van der Waals surface area contributed by atoms with Crippen molar-refractivity contribution in [2.45, 2.75) is 19.9 Å². The fourth-order valence-corrected chi connectivity index (χ4v) is 1.09. The van der Waals surface area contributed by atoms with Crippen LogP contribution < -0.4 is 10.2 Å². The number of anilines is 2. The first-order valence-corrected chi connectivity index (χ1v) is 4.49. The number of rotatable bonds is 3. The molecule has 0 saturated heterocycles. The highest BCUT2D eigenvalue weighted by molar-refractivity contribution is 5.52. The van der Waals surface area contributed by atoms with Crippen LogP contribution in [0.3, 0.4) is 0 Å². The summed E-state index contributed by atoms with van der Waals surface area (Å²) in [6.45, 7) is 4.24. The third kappa shape index (κ3) is 2.93.